The number of benzene rings is 1. The molecule has 6 nitrogen and oxygen atoms in total. The van der Waals surface area contributed by atoms with Crippen molar-refractivity contribution in [2.45, 2.75) is 38.6 Å². The summed E-state index contributed by atoms with van der Waals surface area (Å²) in [5.41, 5.74) is 1.76. The predicted molar refractivity (Wildman–Crippen MR) is 93.6 cm³/mol. The van der Waals surface area contributed by atoms with E-state index in [0.717, 1.165) is 5.69 Å². The molecular weight excluding hydrogens is 326 g/mol. The van der Waals surface area contributed by atoms with Crippen molar-refractivity contribution >= 4 is 21.7 Å². The second kappa shape index (κ2) is 7.11. The second-order valence-corrected chi connectivity index (χ2v) is 7.59. The molecule has 24 heavy (non-hydrogen) atoms. The Kier molecular flexibility index (Phi) is 5.36. The Labute approximate surface area is 142 Å². The van der Waals surface area contributed by atoms with Gasteiger partial charge < -0.3 is 5.32 Å². The van der Waals surface area contributed by atoms with E-state index in [1.54, 1.807) is 39.0 Å². The molecule has 0 spiro atoms. The van der Waals surface area contributed by atoms with Gasteiger partial charge in [-0.1, -0.05) is 12.1 Å². The van der Waals surface area contributed by atoms with Crippen LogP contribution in [0.1, 0.15) is 35.5 Å². The molecule has 0 saturated heterocycles. The topological polar surface area (TPSA) is 88.2 Å². The molecule has 0 aliphatic rings. The highest BCUT2D eigenvalue weighted by molar-refractivity contribution is 7.89. The molecule has 0 bridgehead atoms. The number of nitrogens with one attached hydrogen (secondary N) is 2. The number of nitrogens with zero attached hydrogens (tertiary/aromatic N) is 1. The summed E-state index contributed by atoms with van der Waals surface area (Å²) < 4.78 is 27.1. The number of carbonyl (C=O) groups excluding carboxylic acids is 1. The highest BCUT2D eigenvalue weighted by Crippen LogP contribution is 2.17. The Morgan fingerprint density at radius 1 is 1.12 bits per heavy atom. The number of aromatic nitrogens is 1. The summed E-state index contributed by atoms with van der Waals surface area (Å²) in [7, 11) is -3.66. The number of carbonyl (C=O) groups is 1. The zero-order chi connectivity index (χ0) is 17.9. The van der Waals surface area contributed by atoms with E-state index in [2.05, 4.69) is 15.0 Å². The number of rotatable bonds is 5. The summed E-state index contributed by atoms with van der Waals surface area (Å²) in [6.45, 7) is 7.06. The van der Waals surface area contributed by atoms with Gasteiger partial charge in [0.1, 0.15) is 5.82 Å². The van der Waals surface area contributed by atoms with E-state index in [4.69, 9.17) is 0 Å². The van der Waals surface area contributed by atoms with Crippen LogP contribution >= 0.6 is 0 Å². The van der Waals surface area contributed by atoms with E-state index in [9.17, 15) is 13.2 Å². The van der Waals surface area contributed by atoms with E-state index in [1.807, 2.05) is 13.0 Å². The third kappa shape index (κ3) is 4.39. The van der Waals surface area contributed by atoms with Gasteiger partial charge in [0.15, 0.2) is 0 Å². The standard InChI is InChI=1S/C17H21N3O3S/c1-11(2)20-24(22,23)14-9-8-12(3)15(10-14)17(21)19-16-7-5-6-13(4)18-16/h5-11,20H,1-4H3,(H,18,19,21). The lowest BCUT2D eigenvalue weighted by Gasteiger charge is -2.12. The first-order valence-electron chi connectivity index (χ1n) is 7.57. The Balaban J connectivity index is 2.33. The fraction of sp³-hybridized carbons (Fsp3) is 0.294. The predicted octanol–water partition coefficient (Wildman–Crippen LogP) is 2.64. The van der Waals surface area contributed by atoms with Crippen molar-refractivity contribution in [3.63, 3.8) is 0 Å². The molecule has 1 heterocycles. The minimum absolute atomic E-state index is 0.0594. The number of amides is 1. The van der Waals surface area contributed by atoms with Gasteiger partial charge in [0.2, 0.25) is 10.0 Å². The largest absolute Gasteiger partial charge is 0.307 e. The quantitative estimate of drug-likeness (QED) is 0.870. The van der Waals surface area contributed by atoms with Crippen LogP contribution in [0.3, 0.4) is 0 Å². The fourth-order valence-corrected chi connectivity index (χ4v) is 3.46. The number of hydrogen-bond donors (Lipinski definition) is 2. The van der Waals surface area contributed by atoms with Crippen molar-refractivity contribution in [2.75, 3.05) is 5.32 Å². The van der Waals surface area contributed by atoms with Gasteiger partial charge in [0.05, 0.1) is 4.90 Å². The number of aryl methyl sites for hydroxylation is 2. The molecular formula is C17H21N3O3S. The van der Waals surface area contributed by atoms with E-state index in [-0.39, 0.29) is 10.9 Å². The van der Waals surface area contributed by atoms with Crippen LogP contribution in [-0.2, 0) is 10.0 Å². The highest BCUT2D eigenvalue weighted by atomic mass is 32.2. The van der Waals surface area contributed by atoms with Gasteiger partial charge in [-0.15, -0.1) is 0 Å². The zero-order valence-corrected chi connectivity index (χ0v) is 14.9. The number of pyridine rings is 1. The van der Waals surface area contributed by atoms with Crippen LogP contribution in [0.4, 0.5) is 5.82 Å². The summed E-state index contributed by atoms with van der Waals surface area (Å²) >= 11 is 0. The van der Waals surface area contributed by atoms with Crippen molar-refractivity contribution < 1.29 is 13.2 Å². The smallest absolute Gasteiger partial charge is 0.257 e. The first-order chi connectivity index (χ1) is 11.2. The Morgan fingerprint density at radius 2 is 1.83 bits per heavy atom. The highest BCUT2D eigenvalue weighted by Gasteiger charge is 2.19. The monoisotopic (exact) mass is 347 g/mol. The van der Waals surface area contributed by atoms with Crippen LogP contribution in [0, 0.1) is 13.8 Å². The molecule has 2 aromatic rings. The maximum absolute atomic E-state index is 12.5. The molecule has 2 N–H and O–H groups in total. The summed E-state index contributed by atoms with van der Waals surface area (Å²) in [6.07, 6.45) is 0. The third-order valence-electron chi connectivity index (χ3n) is 3.28. The van der Waals surface area contributed by atoms with Crippen molar-refractivity contribution in [1.82, 2.24) is 9.71 Å². The lowest BCUT2D eigenvalue weighted by Crippen LogP contribution is -2.30. The van der Waals surface area contributed by atoms with E-state index >= 15 is 0 Å². The Bertz CT molecular complexity index is 861. The maximum Gasteiger partial charge on any atom is 0.257 e. The van der Waals surface area contributed by atoms with Gasteiger partial charge in [-0.2, -0.15) is 0 Å². The first kappa shape index (κ1) is 18.1. The molecule has 0 aliphatic carbocycles. The normalized spacial score (nSPS) is 11.5. The van der Waals surface area contributed by atoms with E-state index in [0.29, 0.717) is 16.9 Å². The second-order valence-electron chi connectivity index (χ2n) is 5.87. The molecule has 0 saturated carbocycles. The number of sulfonamides is 1. The Hall–Kier alpha value is -2.25. The average molecular weight is 347 g/mol. The average Bonchev–Trinajstić information content (AvgIpc) is 2.46. The van der Waals surface area contributed by atoms with E-state index < -0.39 is 15.9 Å². The van der Waals surface area contributed by atoms with Crippen molar-refractivity contribution in [1.29, 1.82) is 0 Å². The molecule has 1 aromatic carbocycles. The molecule has 128 valence electrons. The van der Waals surface area contributed by atoms with Crippen LogP contribution in [0.5, 0.6) is 0 Å². The van der Waals surface area contributed by atoms with Gasteiger partial charge in [-0.05, 0) is 57.5 Å². The van der Waals surface area contributed by atoms with Crippen LogP contribution in [-0.4, -0.2) is 25.4 Å². The van der Waals surface area contributed by atoms with E-state index in [1.165, 1.54) is 12.1 Å². The van der Waals surface area contributed by atoms with Crippen molar-refractivity contribution in [3.05, 3.63) is 53.2 Å². The van der Waals surface area contributed by atoms with Gasteiger partial charge >= 0.3 is 0 Å². The maximum atomic E-state index is 12.5. The number of anilines is 1. The lowest BCUT2D eigenvalue weighted by molar-refractivity contribution is 0.102. The third-order valence-corrected chi connectivity index (χ3v) is 4.94. The summed E-state index contributed by atoms with van der Waals surface area (Å²) in [6, 6.07) is 9.55. The molecule has 0 unspecified atom stereocenters. The van der Waals surface area contributed by atoms with Crippen LogP contribution in [0.15, 0.2) is 41.3 Å². The van der Waals surface area contributed by atoms with Gasteiger partial charge in [-0.25, -0.2) is 18.1 Å². The summed E-state index contributed by atoms with van der Waals surface area (Å²) in [5.74, 6) is 0.0279. The lowest BCUT2D eigenvalue weighted by atomic mass is 10.1. The molecule has 2 rings (SSSR count). The summed E-state index contributed by atoms with van der Waals surface area (Å²) in [4.78, 5) is 16.8. The van der Waals surface area contributed by atoms with Gasteiger partial charge in [0.25, 0.3) is 5.91 Å². The minimum atomic E-state index is -3.66. The van der Waals surface area contributed by atoms with Crippen molar-refractivity contribution in [3.8, 4) is 0 Å². The molecule has 0 fully saturated rings. The number of hydrogen-bond acceptors (Lipinski definition) is 4. The fourth-order valence-electron chi connectivity index (χ4n) is 2.19. The molecule has 0 aliphatic heterocycles. The van der Waals surface area contributed by atoms with Crippen molar-refractivity contribution in [2.24, 2.45) is 0 Å². The van der Waals surface area contributed by atoms with Gasteiger partial charge in [0, 0.05) is 17.3 Å². The van der Waals surface area contributed by atoms with Gasteiger partial charge in [-0.3, -0.25) is 4.79 Å². The van der Waals surface area contributed by atoms with Crippen LogP contribution in [0.25, 0.3) is 0 Å². The minimum Gasteiger partial charge on any atom is -0.307 e. The van der Waals surface area contributed by atoms with Crippen LogP contribution < -0.4 is 10.0 Å². The Morgan fingerprint density at radius 3 is 2.46 bits per heavy atom. The molecule has 0 radical (unpaired) electrons. The molecule has 1 amide bonds. The zero-order valence-electron chi connectivity index (χ0n) is 14.1. The first-order valence-corrected chi connectivity index (χ1v) is 9.05. The molecule has 7 heteroatoms. The molecule has 1 aromatic heterocycles. The summed E-state index contributed by atoms with van der Waals surface area (Å²) in [5, 5.41) is 2.69. The molecule has 0 atom stereocenters. The SMILES string of the molecule is Cc1cccc(NC(=O)c2cc(S(=O)(=O)NC(C)C)ccc2C)n1. The van der Waals surface area contributed by atoms with Crippen LogP contribution in [0.2, 0.25) is 0 Å².